The third kappa shape index (κ3) is 3.23. The zero-order valence-electron chi connectivity index (χ0n) is 10.1. The highest BCUT2D eigenvalue weighted by atomic mass is 32.2. The molecule has 0 aromatic carbocycles. The SMILES string of the molecule is N#CC1(NC(=O)CSc2ccccn2)CCCC1. The predicted octanol–water partition coefficient (Wildman–Crippen LogP) is 2.13. The number of nitrogens with zero attached hydrogens (tertiary/aromatic N) is 2. The van der Waals surface area contributed by atoms with Crippen molar-refractivity contribution in [1.82, 2.24) is 10.3 Å². The quantitative estimate of drug-likeness (QED) is 0.843. The van der Waals surface area contributed by atoms with Crippen LogP contribution in [-0.2, 0) is 4.79 Å². The number of nitriles is 1. The minimum atomic E-state index is -0.623. The normalized spacial score (nSPS) is 17.1. The molecule has 0 unspecified atom stereocenters. The maximum atomic E-state index is 11.8. The summed E-state index contributed by atoms with van der Waals surface area (Å²) in [5.74, 6) is 0.217. The Labute approximate surface area is 111 Å². The topological polar surface area (TPSA) is 65.8 Å². The van der Waals surface area contributed by atoms with Crippen molar-refractivity contribution in [3.63, 3.8) is 0 Å². The lowest BCUT2D eigenvalue weighted by atomic mass is 10.0. The Bertz CT molecular complexity index is 449. The van der Waals surface area contributed by atoms with E-state index in [1.807, 2.05) is 18.2 Å². The van der Waals surface area contributed by atoms with Crippen LogP contribution in [-0.4, -0.2) is 22.2 Å². The molecular formula is C13H15N3OS. The van der Waals surface area contributed by atoms with Crippen LogP contribution in [0, 0.1) is 11.3 Å². The van der Waals surface area contributed by atoms with Crippen molar-refractivity contribution in [1.29, 1.82) is 5.26 Å². The van der Waals surface area contributed by atoms with Crippen LogP contribution in [0.3, 0.4) is 0 Å². The largest absolute Gasteiger partial charge is 0.337 e. The third-order valence-corrected chi connectivity index (χ3v) is 3.98. The van der Waals surface area contributed by atoms with E-state index >= 15 is 0 Å². The van der Waals surface area contributed by atoms with Gasteiger partial charge in [-0.05, 0) is 37.8 Å². The van der Waals surface area contributed by atoms with Gasteiger partial charge in [0.2, 0.25) is 5.91 Å². The van der Waals surface area contributed by atoms with Crippen LogP contribution in [0.2, 0.25) is 0 Å². The molecule has 2 rings (SSSR count). The third-order valence-electron chi connectivity index (χ3n) is 3.04. The van der Waals surface area contributed by atoms with E-state index in [9.17, 15) is 4.79 Å². The molecule has 1 N–H and O–H groups in total. The number of carbonyl (C=O) groups is 1. The minimum Gasteiger partial charge on any atom is -0.337 e. The summed E-state index contributed by atoms with van der Waals surface area (Å²) in [5.41, 5.74) is -0.623. The van der Waals surface area contributed by atoms with Crippen LogP contribution in [0.25, 0.3) is 0 Å². The second-order valence-corrected chi connectivity index (χ2v) is 5.40. The van der Waals surface area contributed by atoms with E-state index in [2.05, 4.69) is 16.4 Å². The molecule has 0 aliphatic heterocycles. The monoisotopic (exact) mass is 261 g/mol. The Balaban J connectivity index is 1.84. The van der Waals surface area contributed by atoms with Crippen molar-refractivity contribution in [3.05, 3.63) is 24.4 Å². The summed E-state index contributed by atoms with van der Waals surface area (Å²) in [6, 6.07) is 7.85. The van der Waals surface area contributed by atoms with Gasteiger partial charge >= 0.3 is 0 Å². The Morgan fingerprint density at radius 3 is 2.89 bits per heavy atom. The lowest BCUT2D eigenvalue weighted by Gasteiger charge is -2.21. The predicted molar refractivity (Wildman–Crippen MR) is 69.9 cm³/mol. The molecule has 1 aliphatic rings. The van der Waals surface area contributed by atoms with Gasteiger partial charge in [-0.3, -0.25) is 4.79 Å². The summed E-state index contributed by atoms with van der Waals surface area (Å²) in [7, 11) is 0. The van der Waals surface area contributed by atoms with Crippen LogP contribution in [0.5, 0.6) is 0 Å². The summed E-state index contributed by atoms with van der Waals surface area (Å²) < 4.78 is 0. The number of aromatic nitrogens is 1. The first kappa shape index (κ1) is 12.9. The molecule has 18 heavy (non-hydrogen) atoms. The smallest absolute Gasteiger partial charge is 0.231 e. The van der Waals surface area contributed by atoms with E-state index in [1.54, 1.807) is 6.20 Å². The van der Waals surface area contributed by atoms with Crippen LogP contribution >= 0.6 is 11.8 Å². The average molecular weight is 261 g/mol. The van der Waals surface area contributed by atoms with Crippen molar-refractivity contribution in [3.8, 4) is 6.07 Å². The highest BCUT2D eigenvalue weighted by Crippen LogP contribution is 2.29. The summed E-state index contributed by atoms with van der Waals surface area (Å²) in [5, 5.41) is 12.9. The Kier molecular flexibility index (Phi) is 4.21. The van der Waals surface area contributed by atoms with Crippen LogP contribution < -0.4 is 5.32 Å². The van der Waals surface area contributed by atoms with Crippen molar-refractivity contribution in [2.45, 2.75) is 36.2 Å². The van der Waals surface area contributed by atoms with Gasteiger partial charge in [-0.1, -0.05) is 17.8 Å². The van der Waals surface area contributed by atoms with Gasteiger partial charge in [0.05, 0.1) is 16.8 Å². The molecule has 1 amide bonds. The molecular weight excluding hydrogens is 246 g/mol. The summed E-state index contributed by atoms with van der Waals surface area (Å²) in [6.07, 6.45) is 5.27. The molecule has 1 aromatic heterocycles. The molecule has 0 radical (unpaired) electrons. The van der Waals surface area contributed by atoms with Gasteiger partial charge in [0.15, 0.2) is 0 Å². The number of pyridine rings is 1. The number of nitrogens with one attached hydrogen (secondary N) is 1. The molecule has 0 saturated heterocycles. The molecule has 5 heteroatoms. The molecule has 0 spiro atoms. The lowest BCUT2D eigenvalue weighted by molar-refractivity contribution is -0.119. The van der Waals surface area contributed by atoms with E-state index in [0.717, 1.165) is 30.7 Å². The highest BCUT2D eigenvalue weighted by Gasteiger charge is 2.35. The first-order valence-corrected chi connectivity index (χ1v) is 6.99. The number of thioether (sulfide) groups is 1. The molecule has 1 heterocycles. The van der Waals surface area contributed by atoms with Crippen molar-refractivity contribution in [2.24, 2.45) is 0 Å². The number of rotatable bonds is 4. The minimum absolute atomic E-state index is 0.0888. The van der Waals surface area contributed by atoms with E-state index in [1.165, 1.54) is 11.8 Å². The van der Waals surface area contributed by atoms with Gasteiger partial charge in [0, 0.05) is 6.20 Å². The number of carbonyl (C=O) groups excluding carboxylic acids is 1. The van der Waals surface area contributed by atoms with Crippen molar-refractivity contribution >= 4 is 17.7 Å². The summed E-state index contributed by atoms with van der Waals surface area (Å²) in [6.45, 7) is 0. The van der Waals surface area contributed by atoms with Gasteiger partial charge < -0.3 is 5.32 Å². The van der Waals surface area contributed by atoms with E-state index in [0.29, 0.717) is 5.75 Å². The van der Waals surface area contributed by atoms with E-state index < -0.39 is 5.54 Å². The first-order chi connectivity index (χ1) is 8.74. The molecule has 1 fully saturated rings. The molecule has 1 aliphatic carbocycles. The molecule has 0 atom stereocenters. The van der Waals surface area contributed by atoms with Crippen LogP contribution in [0.1, 0.15) is 25.7 Å². The fraction of sp³-hybridized carbons (Fsp3) is 0.462. The molecule has 1 aromatic rings. The van der Waals surface area contributed by atoms with Gasteiger partial charge in [-0.2, -0.15) is 5.26 Å². The standard InChI is InChI=1S/C13H15N3OS/c14-10-13(6-2-3-7-13)16-11(17)9-18-12-5-1-4-8-15-12/h1,4-5,8H,2-3,6-7,9H2,(H,16,17). The Hall–Kier alpha value is -1.54. The molecule has 94 valence electrons. The average Bonchev–Trinajstić information content (AvgIpc) is 2.87. The van der Waals surface area contributed by atoms with Gasteiger partial charge in [-0.25, -0.2) is 4.98 Å². The van der Waals surface area contributed by atoms with E-state index in [-0.39, 0.29) is 5.91 Å². The second kappa shape index (κ2) is 5.87. The van der Waals surface area contributed by atoms with Gasteiger partial charge in [0.25, 0.3) is 0 Å². The Morgan fingerprint density at radius 1 is 1.50 bits per heavy atom. The van der Waals surface area contributed by atoms with E-state index in [4.69, 9.17) is 5.26 Å². The maximum Gasteiger partial charge on any atom is 0.231 e. The number of amides is 1. The first-order valence-electron chi connectivity index (χ1n) is 6.00. The van der Waals surface area contributed by atoms with Crippen molar-refractivity contribution < 1.29 is 4.79 Å². The highest BCUT2D eigenvalue weighted by molar-refractivity contribution is 7.99. The summed E-state index contributed by atoms with van der Waals surface area (Å²) in [4.78, 5) is 16.0. The zero-order valence-corrected chi connectivity index (χ0v) is 10.9. The Morgan fingerprint density at radius 2 is 2.28 bits per heavy atom. The van der Waals surface area contributed by atoms with Crippen molar-refractivity contribution in [2.75, 3.05) is 5.75 Å². The molecule has 1 saturated carbocycles. The fourth-order valence-electron chi connectivity index (χ4n) is 2.12. The number of hydrogen-bond acceptors (Lipinski definition) is 4. The zero-order chi connectivity index (χ0) is 12.8. The van der Waals surface area contributed by atoms with Gasteiger partial charge in [0.1, 0.15) is 5.54 Å². The van der Waals surface area contributed by atoms with Crippen LogP contribution in [0.15, 0.2) is 29.4 Å². The lowest BCUT2D eigenvalue weighted by Crippen LogP contribution is -2.45. The fourth-order valence-corrected chi connectivity index (χ4v) is 2.78. The number of hydrogen-bond donors (Lipinski definition) is 1. The van der Waals surface area contributed by atoms with Crippen LogP contribution in [0.4, 0.5) is 0 Å². The second-order valence-electron chi connectivity index (χ2n) is 4.41. The maximum absolute atomic E-state index is 11.8. The molecule has 0 bridgehead atoms. The molecule has 4 nitrogen and oxygen atoms in total. The van der Waals surface area contributed by atoms with Gasteiger partial charge in [-0.15, -0.1) is 0 Å². The summed E-state index contributed by atoms with van der Waals surface area (Å²) >= 11 is 1.39.